The van der Waals surface area contributed by atoms with Gasteiger partial charge < -0.3 is 10.1 Å². The molecule has 0 heterocycles. The van der Waals surface area contributed by atoms with Crippen molar-refractivity contribution in [1.82, 2.24) is 0 Å². The average molecular weight is 308 g/mol. The summed E-state index contributed by atoms with van der Waals surface area (Å²) in [7, 11) is 0. The van der Waals surface area contributed by atoms with Gasteiger partial charge in [-0.15, -0.1) is 0 Å². The summed E-state index contributed by atoms with van der Waals surface area (Å²) in [5.41, 5.74) is 2.08. The molecule has 0 bridgehead atoms. The van der Waals surface area contributed by atoms with Gasteiger partial charge in [0.25, 0.3) is 5.91 Å². The van der Waals surface area contributed by atoms with Gasteiger partial charge in [-0.25, -0.2) is 4.39 Å². The van der Waals surface area contributed by atoms with Gasteiger partial charge in [0.15, 0.2) is 6.61 Å². The van der Waals surface area contributed by atoms with E-state index in [0.717, 1.165) is 5.56 Å². The molecular formula is C16H15ClFNO2. The number of ether oxygens (including phenoxy) is 1. The molecule has 0 aromatic heterocycles. The van der Waals surface area contributed by atoms with E-state index in [0.29, 0.717) is 22.0 Å². The molecule has 0 aliphatic rings. The normalized spacial score (nSPS) is 10.3. The summed E-state index contributed by atoms with van der Waals surface area (Å²) in [6.07, 6.45) is 0. The Morgan fingerprint density at radius 2 is 1.95 bits per heavy atom. The zero-order valence-electron chi connectivity index (χ0n) is 11.7. The number of amides is 1. The van der Waals surface area contributed by atoms with E-state index in [1.54, 1.807) is 25.1 Å². The fraction of sp³-hybridized carbons (Fsp3) is 0.188. The van der Waals surface area contributed by atoms with Crippen LogP contribution in [-0.4, -0.2) is 12.5 Å². The molecular weight excluding hydrogens is 293 g/mol. The first-order chi connectivity index (χ1) is 9.95. The van der Waals surface area contributed by atoms with Crippen molar-refractivity contribution in [2.75, 3.05) is 11.9 Å². The van der Waals surface area contributed by atoms with Gasteiger partial charge in [0.05, 0.1) is 0 Å². The van der Waals surface area contributed by atoms with Crippen molar-refractivity contribution in [3.05, 3.63) is 58.4 Å². The molecule has 0 fully saturated rings. The molecule has 0 saturated carbocycles. The summed E-state index contributed by atoms with van der Waals surface area (Å²) in [4.78, 5) is 11.8. The summed E-state index contributed by atoms with van der Waals surface area (Å²) in [6, 6.07) is 9.36. The first-order valence-electron chi connectivity index (χ1n) is 6.40. The summed E-state index contributed by atoms with van der Waals surface area (Å²) in [5.74, 6) is -0.0389. The predicted molar refractivity (Wildman–Crippen MR) is 81.5 cm³/mol. The topological polar surface area (TPSA) is 38.3 Å². The van der Waals surface area contributed by atoms with E-state index in [1.807, 2.05) is 6.92 Å². The lowest BCUT2D eigenvalue weighted by Gasteiger charge is -2.11. The van der Waals surface area contributed by atoms with Gasteiger partial charge in [-0.3, -0.25) is 4.79 Å². The third-order valence-electron chi connectivity index (χ3n) is 2.96. The number of anilines is 1. The third kappa shape index (κ3) is 4.20. The number of rotatable bonds is 4. The molecule has 0 aliphatic carbocycles. The fourth-order valence-corrected chi connectivity index (χ4v) is 2.10. The Kier molecular flexibility index (Phi) is 4.81. The smallest absolute Gasteiger partial charge is 0.262 e. The van der Waals surface area contributed by atoms with Gasteiger partial charge in [-0.2, -0.15) is 0 Å². The number of hydrogen-bond acceptors (Lipinski definition) is 2. The summed E-state index contributed by atoms with van der Waals surface area (Å²) < 4.78 is 18.4. The Morgan fingerprint density at radius 3 is 2.62 bits per heavy atom. The highest BCUT2D eigenvalue weighted by atomic mass is 35.5. The number of carbonyl (C=O) groups excluding carboxylic acids is 1. The zero-order valence-corrected chi connectivity index (χ0v) is 12.5. The van der Waals surface area contributed by atoms with Crippen LogP contribution >= 0.6 is 11.6 Å². The SMILES string of the molecule is Cc1cc(F)ccc1NC(=O)COc1ccc(Cl)cc1C. The molecule has 2 aromatic rings. The molecule has 0 aliphatic heterocycles. The maximum absolute atomic E-state index is 13.0. The van der Waals surface area contributed by atoms with Gasteiger partial charge >= 0.3 is 0 Å². The maximum Gasteiger partial charge on any atom is 0.262 e. The van der Waals surface area contributed by atoms with E-state index >= 15 is 0 Å². The van der Waals surface area contributed by atoms with Gasteiger partial charge in [-0.05, 0) is 61.4 Å². The molecule has 0 saturated heterocycles. The van der Waals surface area contributed by atoms with Crippen molar-refractivity contribution in [3.8, 4) is 5.75 Å². The molecule has 5 heteroatoms. The standard InChI is InChI=1S/C16H15ClFNO2/c1-10-8-13(18)4-5-14(10)19-16(20)9-21-15-6-3-12(17)7-11(15)2/h3-8H,9H2,1-2H3,(H,19,20). The molecule has 2 rings (SSSR count). The Bertz CT molecular complexity index is 673. The van der Waals surface area contributed by atoms with E-state index in [9.17, 15) is 9.18 Å². The Morgan fingerprint density at radius 1 is 1.19 bits per heavy atom. The number of benzene rings is 2. The van der Waals surface area contributed by atoms with Crippen LogP contribution in [0.25, 0.3) is 0 Å². The second kappa shape index (κ2) is 6.59. The van der Waals surface area contributed by atoms with Gasteiger partial charge in [-0.1, -0.05) is 11.6 Å². The minimum atomic E-state index is -0.335. The summed E-state index contributed by atoms with van der Waals surface area (Å²) >= 11 is 5.85. The van der Waals surface area contributed by atoms with E-state index < -0.39 is 0 Å². The van der Waals surface area contributed by atoms with E-state index in [-0.39, 0.29) is 18.3 Å². The van der Waals surface area contributed by atoms with Crippen molar-refractivity contribution < 1.29 is 13.9 Å². The van der Waals surface area contributed by atoms with E-state index in [4.69, 9.17) is 16.3 Å². The van der Waals surface area contributed by atoms with Crippen LogP contribution in [0.1, 0.15) is 11.1 Å². The highest BCUT2D eigenvalue weighted by Gasteiger charge is 2.08. The number of hydrogen-bond donors (Lipinski definition) is 1. The maximum atomic E-state index is 13.0. The predicted octanol–water partition coefficient (Wildman–Crippen LogP) is 4.11. The minimum absolute atomic E-state index is 0.126. The monoisotopic (exact) mass is 307 g/mol. The van der Waals surface area contributed by atoms with Crippen LogP contribution < -0.4 is 10.1 Å². The number of nitrogens with one attached hydrogen (secondary N) is 1. The lowest BCUT2D eigenvalue weighted by atomic mass is 10.2. The lowest BCUT2D eigenvalue weighted by molar-refractivity contribution is -0.118. The highest BCUT2D eigenvalue weighted by molar-refractivity contribution is 6.30. The van der Waals surface area contributed by atoms with E-state index in [1.165, 1.54) is 18.2 Å². The van der Waals surface area contributed by atoms with Gasteiger partial charge in [0.1, 0.15) is 11.6 Å². The second-order valence-corrected chi connectivity index (χ2v) is 5.14. The van der Waals surface area contributed by atoms with E-state index in [2.05, 4.69) is 5.32 Å². The molecule has 1 amide bonds. The largest absolute Gasteiger partial charge is 0.483 e. The molecule has 0 unspecified atom stereocenters. The quantitative estimate of drug-likeness (QED) is 0.923. The number of carbonyl (C=O) groups is 1. The Labute approximate surface area is 127 Å². The summed E-state index contributed by atoms with van der Waals surface area (Å²) in [5, 5.41) is 3.30. The van der Waals surface area contributed by atoms with Crippen molar-refractivity contribution >= 4 is 23.2 Å². The lowest BCUT2D eigenvalue weighted by Crippen LogP contribution is -2.20. The Balaban J connectivity index is 1.96. The first kappa shape index (κ1) is 15.3. The average Bonchev–Trinajstić information content (AvgIpc) is 2.41. The fourth-order valence-electron chi connectivity index (χ4n) is 1.87. The van der Waals surface area contributed by atoms with Crippen LogP contribution in [0.4, 0.5) is 10.1 Å². The molecule has 1 N–H and O–H groups in total. The molecule has 0 atom stereocenters. The van der Waals surface area contributed by atoms with Crippen LogP contribution in [0.2, 0.25) is 5.02 Å². The number of aryl methyl sites for hydroxylation is 2. The van der Waals surface area contributed by atoms with Crippen LogP contribution in [-0.2, 0) is 4.79 Å². The second-order valence-electron chi connectivity index (χ2n) is 4.71. The third-order valence-corrected chi connectivity index (χ3v) is 3.19. The van der Waals surface area contributed by atoms with Crippen LogP contribution in [0, 0.1) is 19.7 Å². The van der Waals surface area contributed by atoms with Crippen molar-refractivity contribution in [1.29, 1.82) is 0 Å². The van der Waals surface area contributed by atoms with Crippen molar-refractivity contribution in [2.24, 2.45) is 0 Å². The molecule has 110 valence electrons. The first-order valence-corrected chi connectivity index (χ1v) is 6.78. The van der Waals surface area contributed by atoms with Gasteiger partial charge in [0.2, 0.25) is 0 Å². The molecule has 3 nitrogen and oxygen atoms in total. The highest BCUT2D eigenvalue weighted by Crippen LogP contribution is 2.22. The number of halogens is 2. The zero-order chi connectivity index (χ0) is 15.4. The molecule has 21 heavy (non-hydrogen) atoms. The van der Waals surface area contributed by atoms with Crippen molar-refractivity contribution in [3.63, 3.8) is 0 Å². The Hall–Kier alpha value is -2.07. The molecule has 0 spiro atoms. The van der Waals surface area contributed by atoms with Crippen molar-refractivity contribution in [2.45, 2.75) is 13.8 Å². The van der Waals surface area contributed by atoms with Crippen LogP contribution in [0.3, 0.4) is 0 Å². The minimum Gasteiger partial charge on any atom is -0.483 e. The molecule has 0 radical (unpaired) electrons. The summed E-state index contributed by atoms with van der Waals surface area (Å²) in [6.45, 7) is 3.45. The van der Waals surface area contributed by atoms with Crippen LogP contribution in [0.5, 0.6) is 5.75 Å². The van der Waals surface area contributed by atoms with Gasteiger partial charge in [0, 0.05) is 10.7 Å². The van der Waals surface area contributed by atoms with Crippen LogP contribution in [0.15, 0.2) is 36.4 Å². The molecule has 2 aromatic carbocycles.